The van der Waals surface area contributed by atoms with Crippen LogP contribution in [0.1, 0.15) is 19.8 Å². The third-order valence-electron chi connectivity index (χ3n) is 1.74. The molecule has 0 radical (unpaired) electrons. The van der Waals surface area contributed by atoms with Crippen LogP contribution in [0.3, 0.4) is 0 Å². The van der Waals surface area contributed by atoms with Crippen molar-refractivity contribution in [2.24, 2.45) is 5.92 Å². The maximum absolute atomic E-state index is 11.3. The maximum Gasteiger partial charge on any atom is 0.211 e. The quantitative estimate of drug-likeness (QED) is 0.749. The molecule has 1 unspecified atom stereocenters. The van der Waals surface area contributed by atoms with Crippen molar-refractivity contribution in [1.82, 2.24) is 4.72 Å². The smallest absolute Gasteiger partial charge is 0.211 e. The van der Waals surface area contributed by atoms with E-state index in [9.17, 15) is 8.42 Å². The molecule has 1 aliphatic rings. The Kier molecular flexibility index (Phi) is 3.55. The number of sulfonamides is 1. The van der Waals surface area contributed by atoms with Crippen molar-refractivity contribution in [3.63, 3.8) is 0 Å². The molecule has 12 heavy (non-hydrogen) atoms. The molecule has 1 rings (SSSR count). The zero-order valence-electron chi connectivity index (χ0n) is 7.09. The molecule has 1 fully saturated rings. The molecule has 72 valence electrons. The Labute approximate surface area is 82.1 Å². The lowest BCUT2D eigenvalue weighted by Crippen LogP contribution is -2.31. The molecule has 0 amide bonds. The molecule has 1 saturated carbocycles. The van der Waals surface area contributed by atoms with Gasteiger partial charge in [0, 0.05) is 11.4 Å². The highest BCUT2D eigenvalue weighted by Crippen LogP contribution is 2.29. The zero-order valence-corrected chi connectivity index (χ0v) is 9.49. The van der Waals surface area contributed by atoms with Gasteiger partial charge in [-0.25, -0.2) is 13.1 Å². The van der Waals surface area contributed by atoms with Gasteiger partial charge in [-0.3, -0.25) is 0 Å². The van der Waals surface area contributed by atoms with Gasteiger partial charge in [-0.05, 0) is 18.8 Å². The highest BCUT2D eigenvalue weighted by Gasteiger charge is 2.27. The van der Waals surface area contributed by atoms with Crippen LogP contribution in [-0.4, -0.2) is 25.5 Å². The summed E-state index contributed by atoms with van der Waals surface area (Å²) in [4.78, 5) is 0.200. The van der Waals surface area contributed by atoms with Crippen LogP contribution < -0.4 is 4.72 Å². The largest absolute Gasteiger partial charge is 0.214 e. The topological polar surface area (TPSA) is 46.2 Å². The molecule has 0 bridgehead atoms. The molecular weight excluding hydrogens is 242 g/mol. The Morgan fingerprint density at radius 2 is 2.17 bits per heavy atom. The van der Waals surface area contributed by atoms with Gasteiger partial charge >= 0.3 is 0 Å². The van der Waals surface area contributed by atoms with Crippen molar-refractivity contribution >= 4 is 26.0 Å². The second-order valence-corrected chi connectivity index (χ2v) is 6.77. The predicted octanol–water partition coefficient (Wildman–Crippen LogP) is 1.10. The van der Waals surface area contributed by atoms with E-state index in [0.29, 0.717) is 18.2 Å². The van der Waals surface area contributed by atoms with Crippen LogP contribution in [0.25, 0.3) is 0 Å². The minimum atomic E-state index is -2.99. The summed E-state index contributed by atoms with van der Waals surface area (Å²) in [6.07, 6.45) is 2.15. The predicted molar refractivity (Wildman–Crippen MR) is 52.9 cm³/mol. The summed E-state index contributed by atoms with van der Waals surface area (Å²) in [5.74, 6) is 0.736. The molecule has 0 aromatic rings. The minimum absolute atomic E-state index is 0.200. The first-order chi connectivity index (χ1) is 5.49. The number of halogens is 1. The van der Waals surface area contributed by atoms with Gasteiger partial charge in [-0.2, -0.15) is 0 Å². The van der Waals surface area contributed by atoms with Gasteiger partial charge in [0.25, 0.3) is 0 Å². The summed E-state index contributed by atoms with van der Waals surface area (Å²) in [5.41, 5.74) is 0. The molecule has 0 aromatic heterocycles. The molecule has 1 aliphatic carbocycles. The van der Waals surface area contributed by atoms with Crippen LogP contribution in [0.2, 0.25) is 0 Å². The summed E-state index contributed by atoms with van der Waals surface area (Å²) in [5, 5.41) is 0. The Morgan fingerprint density at radius 3 is 2.58 bits per heavy atom. The van der Waals surface area contributed by atoms with E-state index in [2.05, 4.69) is 20.7 Å². The lowest BCUT2D eigenvalue weighted by Gasteiger charge is -2.06. The lowest BCUT2D eigenvalue weighted by atomic mass is 10.5. The van der Waals surface area contributed by atoms with Crippen molar-refractivity contribution in [2.75, 3.05) is 12.3 Å². The normalized spacial score (nSPS) is 20.8. The highest BCUT2D eigenvalue weighted by molar-refractivity contribution is 9.09. The Hall–Kier alpha value is 0.390. The van der Waals surface area contributed by atoms with E-state index >= 15 is 0 Å². The second kappa shape index (κ2) is 4.07. The van der Waals surface area contributed by atoms with Gasteiger partial charge in [-0.1, -0.05) is 22.9 Å². The van der Waals surface area contributed by atoms with Crippen LogP contribution in [0, 0.1) is 5.92 Å². The first kappa shape index (κ1) is 10.5. The van der Waals surface area contributed by atoms with Crippen molar-refractivity contribution in [1.29, 1.82) is 0 Å². The molecule has 0 aromatic carbocycles. The molecule has 0 heterocycles. The van der Waals surface area contributed by atoms with Gasteiger partial charge in [0.1, 0.15) is 0 Å². The van der Waals surface area contributed by atoms with E-state index in [1.165, 1.54) is 0 Å². The fraction of sp³-hybridized carbons (Fsp3) is 1.00. The number of hydrogen-bond acceptors (Lipinski definition) is 2. The fourth-order valence-corrected chi connectivity index (χ4v) is 2.85. The second-order valence-electron chi connectivity index (χ2n) is 3.35. The lowest BCUT2D eigenvalue weighted by molar-refractivity contribution is 0.578. The summed E-state index contributed by atoms with van der Waals surface area (Å²) in [7, 11) is -2.99. The van der Waals surface area contributed by atoms with Crippen molar-refractivity contribution in [3.05, 3.63) is 0 Å². The number of alkyl halides is 1. The monoisotopic (exact) mass is 255 g/mol. The van der Waals surface area contributed by atoms with Crippen molar-refractivity contribution in [2.45, 2.75) is 24.6 Å². The first-order valence-electron chi connectivity index (χ1n) is 4.11. The fourth-order valence-electron chi connectivity index (χ4n) is 0.896. The summed E-state index contributed by atoms with van der Waals surface area (Å²) >= 11 is 3.28. The minimum Gasteiger partial charge on any atom is -0.214 e. The van der Waals surface area contributed by atoms with E-state index in [4.69, 9.17) is 0 Å². The van der Waals surface area contributed by atoms with E-state index in [1.807, 2.05) is 6.92 Å². The molecule has 1 N–H and O–H groups in total. The van der Waals surface area contributed by atoms with Crippen LogP contribution in [0.5, 0.6) is 0 Å². The van der Waals surface area contributed by atoms with E-state index in [0.717, 1.165) is 12.8 Å². The maximum atomic E-state index is 11.3. The number of rotatable bonds is 5. The molecule has 0 spiro atoms. The highest BCUT2D eigenvalue weighted by atomic mass is 79.9. The van der Waals surface area contributed by atoms with Crippen LogP contribution >= 0.6 is 15.9 Å². The van der Waals surface area contributed by atoms with E-state index < -0.39 is 10.0 Å². The van der Waals surface area contributed by atoms with Crippen LogP contribution in [0.15, 0.2) is 0 Å². The van der Waals surface area contributed by atoms with E-state index in [1.54, 1.807) is 0 Å². The average molecular weight is 256 g/mol. The standard InChI is InChI=1S/C7H14BrNO2S/c1-6(8)4-9-12(10,11)5-7-2-3-7/h6-7,9H,2-5H2,1H3. The summed E-state index contributed by atoms with van der Waals surface area (Å²) in [6, 6.07) is 0. The summed E-state index contributed by atoms with van der Waals surface area (Å²) in [6.45, 7) is 2.40. The van der Waals surface area contributed by atoms with Gasteiger partial charge in [-0.15, -0.1) is 0 Å². The molecular formula is C7H14BrNO2S. The van der Waals surface area contributed by atoms with E-state index in [-0.39, 0.29) is 4.83 Å². The van der Waals surface area contributed by atoms with Gasteiger partial charge in [0.2, 0.25) is 10.0 Å². The Morgan fingerprint density at radius 1 is 1.58 bits per heavy atom. The third kappa shape index (κ3) is 4.42. The Balaban J connectivity index is 2.27. The molecule has 0 saturated heterocycles. The van der Waals surface area contributed by atoms with Crippen molar-refractivity contribution in [3.8, 4) is 0 Å². The van der Waals surface area contributed by atoms with Crippen LogP contribution in [0.4, 0.5) is 0 Å². The molecule has 5 heteroatoms. The molecule has 3 nitrogen and oxygen atoms in total. The summed E-state index contributed by atoms with van der Waals surface area (Å²) < 4.78 is 25.1. The number of nitrogens with one attached hydrogen (secondary N) is 1. The molecule has 1 atom stereocenters. The Bertz CT molecular complexity index is 234. The first-order valence-corrected chi connectivity index (χ1v) is 6.68. The van der Waals surface area contributed by atoms with Gasteiger partial charge in [0.05, 0.1) is 5.75 Å². The number of hydrogen-bond donors (Lipinski definition) is 1. The van der Waals surface area contributed by atoms with Crippen molar-refractivity contribution < 1.29 is 8.42 Å². The third-order valence-corrected chi connectivity index (χ3v) is 3.58. The molecule has 0 aliphatic heterocycles. The van der Waals surface area contributed by atoms with Crippen LogP contribution in [-0.2, 0) is 10.0 Å². The van der Waals surface area contributed by atoms with Gasteiger partial charge in [0.15, 0.2) is 0 Å². The SMILES string of the molecule is CC(Br)CNS(=O)(=O)CC1CC1. The van der Waals surface area contributed by atoms with Gasteiger partial charge < -0.3 is 0 Å². The average Bonchev–Trinajstić information content (AvgIpc) is 2.67. The zero-order chi connectivity index (χ0) is 9.19.